The van der Waals surface area contributed by atoms with Gasteiger partial charge in [0.1, 0.15) is 23.0 Å². The van der Waals surface area contributed by atoms with Crippen LogP contribution in [0.5, 0.6) is 11.5 Å². The van der Waals surface area contributed by atoms with Crippen LogP contribution < -0.4 is 4.74 Å². The van der Waals surface area contributed by atoms with Gasteiger partial charge >= 0.3 is 0 Å². The van der Waals surface area contributed by atoms with E-state index in [4.69, 9.17) is 14.8 Å². The Morgan fingerprint density at radius 2 is 1.20 bits per heavy atom. The zero-order valence-electron chi connectivity index (χ0n) is 35.7. The SMILES string of the molecule is CCCc1ccnc(-n2c3ccccc3c3ccc(Oc4cccc(-n5nc(-c6ccccc6)c(-c6cc(C(C)(C)C)cc(C(C)(C)C)c6)c5-c5ccccc5)c4)cc32)c1. The molecule has 0 fully saturated rings. The van der Waals surface area contributed by atoms with Crippen molar-refractivity contribution in [3.63, 3.8) is 0 Å². The molecule has 0 aliphatic heterocycles. The van der Waals surface area contributed by atoms with Gasteiger partial charge in [0.2, 0.25) is 0 Å². The van der Waals surface area contributed by atoms with Crippen molar-refractivity contribution in [2.75, 3.05) is 0 Å². The fraction of sp³-hybridized carbons (Fsp3) is 0.200. The smallest absolute Gasteiger partial charge is 0.137 e. The molecule has 0 saturated carbocycles. The number of aromatic nitrogens is 4. The number of para-hydroxylation sites is 1. The van der Waals surface area contributed by atoms with Crippen LogP contribution in [0.2, 0.25) is 0 Å². The van der Waals surface area contributed by atoms with E-state index in [0.717, 1.165) is 85.9 Å². The van der Waals surface area contributed by atoms with Crippen LogP contribution in [-0.4, -0.2) is 19.3 Å². The first-order chi connectivity index (χ1) is 29.0. The zero-order chi connectivity index (χ0) is 41.6. The van der Waals surface area contributed by atoms with Crippen molar-refractivity contribution in [1.29, 1.82) is 0 Å². The highest BCUT2D eigenvalue weighted by atomic mass is 16.5. The lowest BCUT2D eigenvalue weighted by molar-refractivity contribution is 0.483. The highest BCUT2D eigenvalue weighted by Crippen LogP contribution is 2.44. The maximum Gasteiger partial charge on any atom is 0.137 e. The van der Waals surface area contributed by atoms with E-state index in [1.54, 1.807) is 0 Å². The summed E-state index contributed by atoms with van der Waals surface area (Å²) in [5.74, 6) is 2.38. The Kier molecular flexibility index (Phi) is 10.00. The van der Waals surface area contributed by atoms with Gasteiger partial charge < -0.3 is 4.74 Å². The number of pyridine rings is 1. The first-order valence-electron chi connectivity index (χ1n) is 21.1. The van der Waals surface area contributed by atoms with Crippen molar-refractivity contribution in [2.45, 2.75) is 72.1 Å². The van der Waals surface area contributed by atoms with Crippen LogP contribution in [0.15, 0.2) is 164 Å². The fourth-order valence-corrected chi connectivity index (χ4v) is 8.28. The van der Waals surface area contributed by atoms with Crippen molar-refractivity contribution in [3.8, 4) is 56.6 Å². The Morgan fingerprint density at radius 1 is 0.550 bits per heavy atom. The van der Waals surface area contributed by atoms with Gasteiger partial charge in [-0.1, -0.05) is 158 Å². The third-order valence-electron chi connectivity index (χ3n) is 11.5. The van der Waals surface area contributed by atoms with E-state index in [1.165, 1.54) is 22.1 Å². The molecule has 6 aromatic carbocycles. The molecule has 9 aromatic rings. The Morgan fingerprint density at radius 3 is 1.90 bits per heavy atom. The van der Waals surface area contributed by atoms with E-state index in [1.807, 2.05) is 12.3 Å². The van der Waals surface area contributed by atoms with Gasteiger partial charge in [0.25, 0.3) is 0 Å². The van der Waals surface area contributed by atoms with Crippen molar-refractivity contribution < 1.29 is 4.74 Å². The molecule has 0 bridgehead atoms. The van der Waals surface area contributed by atoms with Crippen LogP contribution in [0.4, 0.5) is 0 Å². The quantitative estimate of drug-likeness (QED) is 0.146. The summed E-state index contributed by atoms with van der Waals surface area (Å²) in [4.78, 5) is 4.85. The highest BCUT2D eigenvalue weighted by Gasteiger charge is 2.27. The van der Waals surface area contributed by atoms with Crippen LogP contribution in [0, 0.1) is 0 Å². The van der Waals surface area contributed by atoms with Gasteiger partial charge in [-0.15, -0.1) is 0 Å². The van der Waals surface area contributed by atoms with Gasteiger partial charge in [-0.25, -0.2) is 9.67 Å². The summed E-state index contributed by atoms with van der Waals surface area (Å²) < 4.78 is 11.1. The van der Waals surface area contributed by atoms with Gasteiger partial charge in [0, 0.05) is 45.8 Å². The lowest BCUT2D eigenvalue weighted by Crippen LogP contribution is -2.16. The summed E-state index contributed by atoms with van der Waals surface area (Å²) in [5.41, 5.74) is 13.2. The summed E-state index contributed by atoms with van der Waals surface area (Å²) in [6.07, 6.45) is 4.01. The lowest BCUT2D eigenvalue weighted by atomic mass is 9.78. The Bertz CT molecular complexity index is 2950. The molecule has 0 aliphatic rings. The number of hydrogen-bond acceptors (Lipinski definition) is 3. The molecule has 0 aliphatic carbocycles. The first kappa shape index (κ1) is 38.8. The van der Waals surface area contributed by atoms with Gasteiger partial charge in [0.05, 0.1) is 22.4 Å². The second-order valence-corrected chi connectivity index (χ2v) is 17.9. The monoisotopic (exact) mass is 784 g/mol. The zero-order valence-corrected chi connectivity index (χ0v) is 35.7. The molecular weight excluding hydrogens is 733 g/mol. The third kappa shape index (κ3) is 7.41. The largest absolute Gasteiger partial charge is 0.457 e. The average molecular weight is 785 g/mol. The van der Waals surface area contributed by atoms with E-state index in [-0.39, 0.29) is 10.8 Å². The topological polar surface area (TPSA) is 44.9 Å². The molecule has 3 aromatic heterocycles. The Hall–Kier alpha value is -6.72. The van der Waals surface area contributed by atoms with Gasteiger partial charge in [0.15, 0.2) is 0 Å². The van der Waals surface area contributed by atoms with Crippen molar-refractivity contribution in [3.05, 3.63) is 181 Å². The van der Waals surface area contributed by atoms with Crippen molar-refractivity contribution >= 4 is 21.8 Å². The fourth-order valence-electron chi connectivity index (χ4n) is 8.28. The van der Waals surface area contributed by atoms with E-state index < -0.39 is 0 Å². The molecule has 0 saturated heterocycles. The molecule has 0 unspecified atom stereocenters. The molecule has 9 rings (SSSR count). The number of rotatable bonds is 9. The normalized spacial score (nSPS) is 12.1. The van der Waals surface area contributed by atoms with Crippen molar-refractivity contribution in [2.24, 2.45) is 0 Å². The van der Waals surface area contributed by atoms with E-state index in [0.29, 0.717) is 0 Å². The number of aryl methyl sites for hydroxylation is 1. The predicted molar refractivity (Wildman–Crippen MR) is 250 cm³/mol. The number of benzene rings is 6. The predicted octanol–water partition coefficient (Wildman–Crippen LogP) is 14.7. The Balaban J connectivity index is 1.21. The van der Waals surface area contributed by atoms with Gasteiger partial charge in [-0.2, -0.15) is 5.10 Å². The lowest BCUT2D eigenvalue weighted by Gasteiger charge is -2.26. The molecule has 0 N–H and O–H groups in total. The van der Waals surface area contributed by atoms with Crippen LogP contribution in [0.1, 0.15) is 71.6 Å². The molecule has 60 heavy (non-hydrogen) atoms. The van der Waals surface area contributed by atoms with Crippen LogP contribution in [0.25, 0.3) is 67.0 Å². The molecule has 0 radical (unpaired) electrons. The maximum absolute atomic E-state index is 6.78. The van der Waals surface area contributed by atoms with E-state index in [9.17, 15) is 0 Å². The summed E-state index contributed by atoms with van der Waals surface area (Å²) in [5, 5.41) is 7.86. The molecule has 298 valence electrons. The molecular formula is C55H52N4O. The minimum absolute atomic E-state index is 0.0511. The second-order valence-electron chi connectivity index (χ2n) is 17.9. The number of hydrogen-bond donors (Lipinski definition) is 0. The van der Waals surface area contributed by atoms with Crippen molar-refractivity contribution in [1.82, 2.24) is 19.3 Å². The summed E-state index contributed by atoms with van der Waals surface area (Å²) in [7, 11) is 0. The summed E-state index contributed by atoms with van der Waals surface area (Å²) in [6.45, 7) is 16.0. The van der Waals surface area contributed by atoms with E-state index in [2.05, 4.69) is 209 Å². The minimum atomic E-state index is -0.0511. The third-order valence-corrected chi connectivity index (χ3v) is 11.5. The highest BCUT2D eigenvalue weighted by molar-refractivity contribution is 6.09. The number of ether oxygens (including phenoxy) is 1. The van der Waals surface area contributed by atoms with Gasteiger partial charge in [-0.3, -0.25) is 4.57 Å². The molecule has 5 heteroatoms. The minimum Gasteiger partial charge on any atom is -0.457 e. The van der Waals surface area contributed by atoms with Crippen LogP contribution in [0.3, 0.4) is 0 Å². The molecule has 0 spiro atoms. The molecule has 0 atom stereocenters. The van der Waals surface area contributed by atoms with E-state index >= 15 is 0 Å². The molecule has 5 nitrogen and oxygen atoms in total. The van der Waals surface area contributed by atoms with Gasteiger partial charge in [-0.05, 0) is 82.0 Å². The number of nitrogens with zero attached hydrogens (tertiary/aromatic N) is 4. The summed E-state index contributed by atoms with van der Waals surface area (Å²) in [6, 6.07) is 55.9. The first-order valence-corrected chi connectivity index (χ1v) is 21.1. The number of fused-ring (bicyclic) bond motifs is 3. The maximum atomic E-state index is 6.78. The average Bonchev–Trinajstić information content (AvgIpc) is 3.81. The van der Waals surface area contributed by atoms with Crippen LogP contribution in [-0.2, 0) is 17.3 Å². The van der Waals surface area contributed by atoms with Crippen LogP contribution >= 0.6 is 0 Å². The standard InChI is InChI=1S/C55H52N4O/c1-8-18-37-29-30-56-50(31-37)58-48-26-16-15-25-46(48)47-28-27-45(36-49(47)58)60-44-24-17-23-43(35-44)59-53(39-21-13-10-14-22-39)51(52(57-59)38-19-11-9-12-20-38)40-32-41(54(2,3)4)34-42(33-40)55(5,6)7/h9-17,19-36H,8,18H2,1-7H3. The molecule has 0 amide bonds. The second kappa shape index (κ2) is 15.5. The molecule has 3 heterocycles. The summed E-state index contributed by atoms with van der Waals surface area (Å²) >= 11 is 0. The Labute approximate surface area is 354 Å².